The van der Waals surface area contributed by atoms with Crippen molar-refractivity contribution >= 4 is 34.6 Å². The minimum atomic E-state index is -3.26. The summed E-state index contributed by atoms with van der Waals surface area (Å²) in [5.74, 6) is -2.77. The van der Waals surface area contributed by atoms with E-state index in [1.807, 2.05) is 70.2 Å². The lowest BCUT2D eigenvalue weighted by Gasteiger charge is -2.31. The SMILES string of the molecule is C=C(N/C=C(/c1ccc2c(c1)C(F)(F)c1cc(-c3ccc4[nH]cnc4c3)ccc1-2)C(C)CC)C1CN(C(=O)N2Cc3cc4c(cc3C2)OCO4)CN1C(=O)C(NC(=O)OC)C(C)C. The first-order valence-electron chi connectivity index (χ1n) is 21.1. The summed E-state index contributed by atoms with van der Waals surface area (Å²) in [6, 6.07) is 17.9. The van der Waals surface area contributed by atoms with Crippen LogP contribution in [0.5, 0.6) is 11.5 Å². The fourth-order valence-electron chi connectivity index (χ4n) is 9.00. The average Bonchev–Trinajstić information content (AvgIpc) is 4.14. The highest BCUT2D eigenvalue weighted by Gasteiger charge is 2.46. The summed E-state index contributed by atoms with van der Waals surface area (Å²) in [7, 11) is 1.23. The van der Waals surface area contributed by atoms with Crippen LogP contribution >= 0.6 is 0 Å². The molecule has 0 spiro atoms. The van der Waals surface area contributed by atoms with Gasteiger partial charge in [-0.3, -0.25) is 4.79 Å². The number of carbonyl (C=O) groups is 3. The number of aromatic amines is 1. The molecule has 3 N–H and O–H groups in total. The zero-order valence-corrected chi connectivity index (χ0v) is 35.8. The van der Waals surface area contributed by atoms with Gasteiger partial charge in [0.2, 0.25) is 12.7 Å². The lowest BCUT2D eigenvalue weighted by Crippen LogP contribution is -2.53. The monoisotopic (exact) mass is 857 g/mol. The smallest absolute Gasteiger partial charge is 0.407 e. The summed E-state index contributed by atoms with van der Waals surface area (Å²) >= 11 is 0. The van der Waals surface area contributed by atoms with Crippen LogP contribution in [0.2, 0.25) is 0 Å². The van der Waals surface area contributed by atoms with Crippen molar-refractivity contribution in [2.75, 3.05) is 27.1 Å². The van der Waals surface area contributed by atoms with Gasteiger partial charge in [-0.25, -0.2) is 14.6 Å². The van der Waals surface area contributed by atoms with Gasteiger partial charge in [0.15, 0.2) is 11.5 Å². The van der Waals surface area contributed by atoms with Gasteiger partial charge < -0.3 is 44.5 Å². The molecule has 4 aromatic carbocycles. The Morgan fingerprint density at radius 1 is 0.952 bits per heavy atom. The number of halogens is 2. The standard InChI is InChI=1S/C48H49F2N7O6/c1-7-27(4)36(31-9-12-35-34-11-8-29(14-37(34)48(49,50)38(35)15-31)30-10-13-39-40(16-30)53-23-52-39)19-51-28(5)41-22-56(24-57(41)45(58)44(26(2)3)54-46(59)61-6)47(60)55-20-32-17-42-43(63-25-62-42)18-33(32)21-55/h8-19,23,26-27,41,44,51H,5,7,20-22,24-25H2,1-4,6H3,(H,52,53)(H,54,59)/b36-19+. The first kappa shape index (κ1) is 41.5. The predicted octanol–water partition coefficient (Wildman–Crippen LogP) is 8.56. The minimum Gasteiger partial charge on any atom is -0.454 e. The van der Waals surface area contributed by atoms with Gasteiger partial charge in [-0.2, -0.15) is 8.78 Å². The molecule has 326 valence electrons. The Morgan fingerprint density at radius 2 is 1.62 bits per heavy atom. The quantitative estimate of drug-likeness (QED) is 0.127. The largest absolute Gasteiger partial charge is 0.454 e. The van der Waals surface area contributed by atoms with E-state index in [-0.39, 0.29) is 49.0 Å². The molecule has 4 amide bonds. The fraction of sp³-hybridized carbons (Fsp3) is 0.333. The van der Waals surface area contributed by atoms with Crippen molar-refractivity contribution in [3.8, 4) is 33.8 Å². The molecule has 4 aliphatic rings. The Kier molecular flexibility index (Phi) is 10.6. The number of urea groups is 1. The number of alkyl carbamates (subject to hydrolysis) is 1. The number of ether oxygens (including phenoxy) is 3. The average molecular weight is 858 g/mol. The van der Waals surface area contributed by atoms with E-state index in [2.05, 4.69) is 27.2 Å². The van der Waals surface area contributed by atoms with Crippen LogP contribution in [-0.2, 0) is 28.5 Å². The molecule has 15 heteroatoms. The van der Waals surface area contributed by atoms with Gasteiger partial charge in [0.1, 0.15) is 6.04 Å². The minimum absolute atomic E-state index is 0.0501. The van der Waals surface area contributed by atoms with Gasteiger partial charge in [0.25, 0.3) is 5.92 Å². The van der Waals surface area contributed by atoms with E-state index in [1.165, 1.54) is 7.11 Å². The number of hydrogen-bond acceptors (Lipinski definition) is 8. The van der Waals surface area contributed by atoms with Gasteiger partial charge in [-0.05, 0) is 99.2 Å². The summed E-state index contributed by atoms with van der Waals surface area (Å²) < 4.78 is 49.1. The number of fused-ring (bicyclic) bond motifs is 6. The number of alkyl halides is 2. The summed E-state index contributed by atoms with van der Waals surface area (Å²) in [5, 5.41) is 5.98. The number of H-pyrrole nitrogens is 1. The molecule has 13 nitrogen and oxygen atoms in total. The zero-order valence-electron chi connectivity index (χ0n) is 35.8. The Labute approximate surface area is 363 Å². The molecular formula is C48H49F2N7O6. The second kappa shape index (κ2) is 16.1. The van der Waals surface area contributed by atoms with Crippen molar-refractivity contribution in [2.24, 2.45) is 11.8 Å². The second-order valence-corrected chi connectivity index (χ2v) is 17.0. The van der Waals surface area contributed by atoms with Gasteiger partial charge in [0.05, 0.1) is 43.7 Å². The van der Waals surface area contributed by atoms with Crippen LogP contribution in [0.1, 0.15) is 61.9 Å². The van der Waals surface area contributed by atoms with Crippen LogP contribution in [0.3, 0.4) is 0 Å². The highest BCUT2D eigenvalue weighted by Crippen LogP contribution is 2.53. The van der Waals surface area contributed by atoms with Gasteiger partial charge in [-0.15, -0.1) is 0 Å². The molecule has 1 aromatic heterocycles. The first-order valence-corrected chi connectivity index (χ1v) is 21.1. The van der Waals surface area contributed by atoms with E-state index in [1.54, 1.807) is 51.5 Å². The molecule has 1 aliphatic carbocycles. The molecule has 5 aromatic rings. The molecule has 3 aliphatic heterocycles. The lowest BCUT2D eigenvalue weighted by molar-refractivity contribution is -0.135. The van der Waals surface area contributed by atoms with Crippen LogP contribution in [0, 0.1) is 11.8 Å². The molecule has 0 bridgehead atoms. The molecule has 4 heterocycles. The number of methoxy groups -OCH3 is 1. The van der Waals surface area contributed by atoms with Gasteiger partial charge in [-0.1, -0.05) is 64.6 Å². The van der Waals surface area contributed by atoms with Crippen molar-refractivity contribution in [3.63, 3.8) is 0 Å². The number of hydrogen-bond donors (Lipinski definition) is 3. The first-order chi connectivity index (χ1) is 30.2. The molecular weight excluding hydrogens is 809 g/mol. The molecule has 1 fully saturated rings. The van der Waals surface area contributed by atoms with Gasteiger partial charge in [0, 0.05) is 36.1 Å². The fourth-order valence-corrected chi connectivity index (χ4v) is 9.00. The topological polar surface area (TPSA) is 141 Å². The van der Waals surface area contributed by atoms with E-state index >= 15 is 8.78 Å². The van der Waals surface area contributed by atoms with Crippen molar-refractivity contribution in [2.45, 2.75) is 65.2 Å². The third kappa shape index (κ3) is 7.38. The van der Waals surface area contributed by atoms with E-state index in [9.17, 15) is 14.4 Å². The summed E-state index contributed by atoms with van der Waals surface area (Å²) in [4.78, 5) is 53.2. The maximum Gasteiger partial charge on any atom is 0.407 e. The van der Waals surface area contributed by atoms with Crippen molar-refractivity contribution < 1.29 is 37.4 Å². The van der Waals surface area contributed by atoms with Crippen LogP contribution < -0.4 is 20.1 Å². The maximum atomic E-state index is 16.6. The van der Waals surface area contributed by atoms with Crippen LogP contribution in [0.15, 0.2) is 91.5 Å². The molecule has 9 rings (SSSR count). The number of nitrogens with zero attached hydrogens (tertiary/aromatic N) is 4. The van der Waals surface area contributed by atoms with E-state index in [0.717, 1.165) is 33.3 Å². The highest BCUT2D eigenvalue weighted by atomic mass is 19.3. The molecule has 3 unspecified atom stereocenters. The van der Waals surface area contributed by atoms with Crippen LogP contribution in [-0.4, -0.2) is 81.9 Å². The Bertz CT molecular complexity index is 2680. The molecule has 1 saturated heterocycles. The number of benzene rings is 4. The van der Waals surface area contributed by atoms with E-state index in [4.69, 9.17) is 14.2 Å². The number of rotatable bonds is 10. The van der Waals surface area contributed by atoms with E-state index < -0.39 is 30.0 Å². The number of carbonyl (C=O) groups excluding carboxylic acids is 3. The normalized spacial score (nSPS) is 18.0. The zero-order chi connectivity index (χ0) is 44.3. The Hall–Kier alpha value is -6.90. The molecule has 3 atom stereocenters. The summed E-state index contributed by atoms with van der Waals surface area (Å²) in [6.07, 6.45) is 3.33. The van der Waals surface area contributed by atoms with Gasteiger partial charge >= 0.3 is 12.1 Å². The molecule has 0 saturated carbocycles. The highest BCUT2D eigenvalue weighted by molar-refractivity contribution is 5.89. The van der Waals surface area contributed by atoms with Crippen molar-refractivity contribution in [1.82, 2.24) is 35.3 Å². The van der Waals surface area contributed by atoms with E-state index in [0.29, 0.717) is 59.0 Å². The van der Waals surface area contributed by atoms with Crippen LogP contribution in [0.4, 0.5) is 18.4 Å². The number of aromatic nitrogens is 2. The Morgan fingerprint density at radius 3 is 2.30 bits per heavy atom. The summed E-state index contributed by atoms with van der Waals surface area (Å²) in [5.41, 5.74) is 7.64. The molecule has 0 radical (unpaired) electrons. The predicted molar refractivity (Wildman–Crippen MR) is 233 cm³/mol. The van der Waals surface area contributed by atoms with Crippen molar-refractivity contribution in [3.05, 3.63) is 119 Å². The summed E-state index contributed by atoms with van der Waals surface area (Å²) in [6.45, 7) is 12.9. The molecule has 63 heavy (non-hydrogen) atoms. The number of imidazole rings is 1. The third-order valence-corrected chi connectivity index (χ3v) is 12.8. The van der Waals surface area contributed by atoms with Crippen molar-refractivity contribution in [1.29, 1.82) is 0 Å². The number of amides is 4. The number of allylic oxidation sites excluding steroid dienone is 1. The Balaban J connectivity index is 0.981. The lowest BCUT2D eigenvalue weighted by atomic mass is 9.90. The van der Waals surface area contributed by atoms with Crippen LogP contribution in [0.25, 0.3) is 38.9 Å². The number of nitrogens with one attached hydrogen (secondary N) is 3. The second-order valence-electron chi connectivity index (χ2n) is 17.0. The third-order valence-electron chi connectivity index (χ3n) is 12.8. The maximum absolute atomic E-state index is 16.6.